The topological polar surface area (TPSA) is 42.4 Å². The van der Waals surface area contributed by atoms with Gasteiger partial charge in [0.05, 0.1) is 25.3 Å². The van der Waals surface area contributed by atoms with E-state index >= 15 is 0 Å². The maximum atomic E-state index is 12.8. The van der Waals surface area contributed by atoms with E-state index in [-0.39, 0.29) is 11.3 Å². The van der Waals surface area contributed by atoms with Crippen molar-refractivity contribution in [2.75, 3.05) is 19.7 Å². The number of pyridine rings is 1. The summed E-state index contributed by atoms with van der Waals surface area (Å²) in [7, 11) is 0. The van der Waals surface area contributed by atoms with E-state index in [1.54, 1.807) is 6.20 Å². The minimum absolute atomic E-state index is 0.140. The summed E-state index contributed by atoms with van der Waals surface area (Å²) in [4.78, 5) is 19.2. The molecule has 1 aliphatic heterocycles. The summed E-state index contributed by atoms with van der Waals surface area (Å²) in [5, 5.41) is 0. The molecule has 4 heteroatoms. The summed E-state index contributed by atoms with van der Waals surface area (Å²) in [5.74, 6) is 0.820. The van der Waals surface area contributed by atoms with Crippen LogP contribution in [0.3, 0.4) is 0 Å². The van der Waals surface area contributed by atoms with Gasteiger partial charge < -0.3 is 9.64 Å². The van der Waals surface area contributed by atoms with E-state index in [4.69, 9.17) is 4.74 Å². The van der Waals surface area contributed by atoms with Gasteiger partial charge in [-0.05, 0) is 36.5 Å². The third kappa shape index (κ3) is 3.65. The Kier molecular flexibility index (Phi) is 5.02. The van der Waals surface area contributed by atoms with Crippen molar-refractivity contribution in [2.45, 2.75) is 32.3 Å². The van der Waals surface area contributed by atoms with Gasteiger partial charge in [-0.1, -0.05) is 42.8 Å². The van der Waals surface area contributed by atoms with Crippen molar-refractivity contribution in [3.8, 4) is 0 Å². The summed E-state index contributed by atoms with van der Waals surface area (Å²) >= 11 is 0. The van der Waals surface area contributed by atoms with Crippen molar-refractivity contribution in [1.82, 2.24) is 9.88 Å². The fourth-order valence-corrected chi connectivity index (χ4v) is 4.56. The van der Waals surface area contributed by atoms with Gasteiger partial charge in [0.1, 0.15) is 0 Å². The van der Waals surface area contributed by atoms with E-state index in [1.807, 2.05) is 48.5 Å². The van der Waals surface area contributed by atoms with Crippen molar-refractivity contribution in [3.63, 3.8) is 0 Å². The second-order valence-corrected chi connectivity index (χ2v) is 7.70. The molecule has 1 aromatic heterocycles. The summed E-state index contributed by atoms with van der Waals surface area (Å²) in [6.07, 6.45) is 5.92. The standard InChI is InChI=1S/C22H26N2O2/c25-21(13-18-7-2-1-3-8-18)24-14-19-9-6-11-22(19,16-24)17-26-15-20-10-4-5-12-23-20/h1-5,7-8,10,12,19H,6,9,11,13-17H2/t19-,22+/m1/s1. The lowest BCUT2D eigenvalue weighted by molar-refractivity contribution is -0.130. The molecule has 1 aliphatic carbocycles. The van der Waals surface area contributed by atoms with Gasteiger partial charge in [0, 0.05) is 24.7 Å². The number of carbonyl (C=O) groups excluding carboxylic acids is 1. The first-order valence-electron chi connectivity index (χ1n) is 9.55. The van der Waals surface area contributed by atoms with Crippen molar-refractivity contribution in [2.24, 2.45) is 11.3 Å². The number of hydrogen-bond donors (Lipinski definition) is 0. The molecule has 1 saturated heterocycles. The minimum atomic E-state index is 0.140. The first-order chi connectivity index (χ1) is 12.8. The van der Waals surface area contributed by atoms with Gasteiger partial charge in [0.2, 0.25) is 5.91 Å². The lowest BCUT2D eigenvalue weighted by Crippen LogP contribution is -2.35. The Morgan fingerprint density at radius 1 is 1.19 bits per heavy atom. The van der Waals surface area contributed by atoms with Crippen LogP contribution in [-0.4, -0.2) is 35.5 Å². The smallest absolute Gasteiger partial charge is 0.227 e. The first-order valence-corrected chi connectivity index (χ1v) is 9.55. The van der Waals surface area contributed by atoms with E-state index < -0.39 is 0 Å². The highest BCUT2D eigenvalue weighted by Crippen LogP contribution is 2.49. The number of amides is 1. The molecule has 2 aliphatic rings. The van der Waals surface area contributed by atoms with Gasteiger partial charge in [0.15, 0.2) is 0 Å². The van der Waals surface area contributed by atoms with Crippen molar-refractivity contribution < 1.29 is 9.53 Å². The highest BCUT2D eigenvalue weighted by atomic mass is 16.5. The molecule has 1 saturated carbocycles. The highest BCUT2D eigenvalue weighted by Gasteiger charge is 2.50. The number of carbonyl (C=O) groups is 1. The van der Waals surface area contributed by atoms with Crippen LogP contribution < -0.4 is 0 Å². The molecular weight excluding hydrogens is 324 g/mol. The number of hydrogen-bond acceptors (Lipinski definition) is 3. The minimum Gasteiger partial charge on any atom is -0.375 e. The molecule has 4 rings (SSSR count). The average molecular weight is 350 g/mol. The summed E-state index contributed by atoms with van der Waals surface area (Å²) < 4.78 is 6.05. The lowest BCUT2D eigenvalue weighted by Gasteiger charge is -2.28. The highest BCUT2D eigenvalue weighted by molar-refractivity contribution is 5.79. The Morgan fingerprint density at radius 3 is 2.85 bits per heavy atom. The molecule has 0 radical (unpaired) electrons. The monoisotopic (exact) mass is 350 g/mol. The maximum Gasteiger partial charge on any atom is 0.227 e. The van der Waals surface area contributed by atoms with E-state index in [1.165, 1.54) is 12.8 Å². The predicted octanol–water partition coefficient (Wildman–Crippen LogP) is 3.47. The molecule has 0 unspecified atom stereocenters. The molecular formula is C22H26N2O2. The van der Waals surface area contributed by atoms with Crippen LogP contribution >= 0.6 is 0 Å². The number of likely N-dealkylation sites (tertiary alicyclic amines) is 1. The molecule has 0 spiro atoms. The summed E-state index contributed by atoms with van der Waals surface area (Å²) in [6.45, 7) is 3.00. The number of nitrogens with zero attached hydrogens (tertiary/aromatic N) is 2. The number of benzene rings is 1. The number of ether oxygens (including phenoxy) is 1. The molecule has 1 amide bonds. The van der Waals surface area contributed by atoms with Gasteiger partial charge in [0.25, 0.3) is 0 Å². The molecule has 2 heterocycles. The molecule has 136 valence electrons. The van der Waals surface area contributed by atoms with E-state index in [0.717, 1.165) is 37.4 Å². The fourth-order valence-electron chi connectivity index (χ4n) is 4.56. The van der Waals surface area contributed by atoms with Crippen LogP contribution in [0, 0.1) is 11.3 Å². The van der Waals surface area contributed by atoms with Crippen LogP contribution in [0.2, 0.25) is 0 Å². The second kappa shape index (κ2) is 7.58. The Morgan fingerprint density at radius 2 is 2.04 bits per heavy atom. The van der Waals surface area contributed by atoms with Crippen molar-refractivity contribution in [3.05, 3.63) is 66.0 Å². The van der Waals surface area contributed by atoms with Crippen molar-refractivity contribution in [1.29, 1.82) is 0 Å². The Labute approximate surface area is 155 Å². The molecule has 4 nitrogen and oxygen atoms in total. The number of rotatable bonds is 6. The van der Waals surface area contributed by atoms with E-state index in [2.05, 4.69) is 9.88 Å². The van der Waals surface area contributed by atoms with E-state index in [9.17, 15) is 4.79 Å². The molecule has 0 bridgehead atoms. The van der Waals surface area contributed by atoms with Crippen molar-refractivity contribution >= 4 is 5.91 Å². The zero-order valence-electron chi connectivity index (χ0n) is 15.1. The SMILES string of the molecule is O=C(Cc1ccccc1)N1C[C@H]2CCC[C@@]2(COCc2ccccn2)C1. The zero-order valence-corrected chi connectivity index (χ0v) is 15.1. The van der Waals surface area contributed by atoms with Crippen LogP contribution in [0.15, 0.2) is 54.7 Å². The quantitative estimate of drug-likeness (QED) is 0.801. The number of aromatic nitrogens is 1. The normalized spacial score (nSPS) is 24.6. The average Bonchev–Trinajstić information content (AvgIpc) is 3.21. The molecule has 2 atom stereocenters. The van der Waals surface area contributed by atoms with Gasteiger partial charge in [-0.3, -0.25) is 9.78 Å². The van der Waals surface area contributed by atoms with Gasteiger partial charge in [-0.2, -0.15) is 0 Å². The van der Waals surface area contributed by atoms with Crippen LogP contribution in [0.1, 0.15) is 30.5 Å². The fraction of sp³-hybridized carbons (Fsp3) is 0.455. The Hall–Kier alpha value is -2.20. The molecule has 2 fully saturated rings. The largest absolute Gasteiger partial charge is 0.375 e. The van der Waals surface area contributed by atoms with Crippen LogP contribution in [-0.2, 0) is 22.6 Å². The third-order valence-electron chi connectivity index (χ3n) is 5.96. The predicted molar refractivity (Wildman–Crippen MR) is 100 cm³/mol. The molecule has 0 N–H and O–H groups in total. The van der Waals surface area contributed by atoms with Crippen LogP contribution in [0.25, 0.3) is 0 Å². The van der Waals surface area contributed by atoms with Gasteiger partial charge in [-0.25, -0.2) is 0 Å². The summed E-state index contributed by atoms with van der Waals surface area (Å²) in [6, 6.07) is 15.9. The van der Waals surface area contributed by atoms with Gasteiger partial charge in [-0.15, -0.1) is 0 Å². The summed E-state index contributed by atoms with van der Waals surface area (Å²) in [5.41, 5.74) is 2.20. The molecule has 26 heavy (non-hydrogen) atoms. The Bertz CT molecular complexity index is 734. The molecule has 2 aromatic rings. The van der Waals surface area contributed by atoms with Gasteiger partial charge >= 0.3 is 0 Å². The van der Waals surface area contributed by atoms with Crippen LogP contribution in [0.5, 0.6) is 0 Å². The third-order valence-corrected chi connectivity index (χ3v) is 5.96. The number of fused-ring (bicyclic) bond motifs is 1. The zero-order chi connectivity index (χ0) is 17.8. The lowest BCUT2D eigenvalue weighted by atomic mass is 9.81. The maximum absolute atomic E-state index is 12.8. The second-order valence-electron chi connectivity index (χ2n) is 7.70. The van der Waals surface area contributed by atoms with Crippen LogP contribution in [0.4, 0.5) is 0 Å². The van der Waals surface area contributed by atoms with E-state index in [0.29, 0.717) is 18.9 Å². The Balaban J connectivity index is 1.36. The first kappa shape index (κ1) is 17.2. The molecule has 1 aromatic carbocycles.